The molecule has 0 bridgehead atoms. The Morgan fingerprint density at radius 2 is 1.97 bits per heavy atom. The van der Waals surface area contributed by atoms with Crippen LogP contribution in [0.2, 0.25) is 5.02 Å². The lowest BCUT2D eigenvalue weighted by molar-refractivity contribution is -0.118. The molecule has 0 aromatic heterocycles. The highest BCUT2D eigenvalue weighted by atomic mass is 35.5. The largest absolute Gasteiger partial charge is 0.490 e. The van der Waals surface area contributed by atoms with E-state index < -0.39 is 0 Å². The molecule has 32 heavy (non-hydrogen) atoms. The van der Waals surface area contributed by atoms with Crippen LogP contribution in [-0.4, -0.2) is 49.7 Å². The number of benzene rings is 2. The maximum Gasteiger partial charge on any atom is 0.262 e. The average Bonchev–Trinajstić information content (AvgIpc) is 3.22. The number of nitrogens with one attached hydrogen (secondary N) is 2. The van der Waals surface area contributed by atoms with Gasteiger partial charge in [-0.15, -0.1) is 0 Å². The first-order valence-electron chi connectivity index (χ1n) is 11.4. The summed E-state index contributed by atoms with van der Waals surface area (Å²) in [6, 6.07) is 12.0. The van der Waals surface area contributed by atoms with Crippen LogP contribution in [0.15, 0.2) is 36.4 Å². The van der Waals surface area contributed by atoms with Crippen LogP contribution in [0.3, 0.4) is 0 Å². The Morgan fingerprint density at radius 3 is 2.69 bits per heavy atom. The molecule has 0 unspecified atom stereocenters. The van der Waals surface area contributed by atoms with Gasteiger partial charge in [0.1, 0.15) is 0 Å². The topological polar surface area (TPSA) is 62.8 Å². The Bertz CT molecular complexity index is 889. The maximum atomic E-state index is 12.3. The van der Waals surface area contributed by atoms with Crippen LogP contribution >= 0.6 is 11.6 Å². The first-order chi connectivity index (χ1) is 15.5. The molecule has 0 saturated carbocycles. The molecule has 0 spiro atoms. The van der Waals surface area contributed by atoms with E-state index in [9.17, 15) is 4.79 Å². The SMILES string of the molecule is CCOc1cc(CNC[C@H]2CCCN2CC)cc(Cl)c1OCC(=O)Nc1ccc(C)cc1. The number of nitrogens with zero attached hydrogens (tertiary/aromatic N) is 1. The van der Waals surface area contributed by atoms with Gasteiger partial charge >= 0.3 is 0 Å². The van der Waals surface area contributed by atoms with Gasteiger partial charge in [0.25, 0.3) is 5.91 Å². The lowest BCUT2D eigenvalue weighted by Gasteiger charge is -2.23. The van der Waals surface area contributed by atoms with Gasteiger partial charge in [0.2, 0.25) is 0 Å². The van der Waals surface area contributed by atoms with Crippen molar-refractivity contribution in [2.45, 2.75) is 46.2 Å². The molecule has 0 aliphatic carbocycles. The summed E-state index contributed by atoms with van der Waals surface area (Å²) >= 11 is 6.51. The summed E-state index contributed by atoms with van der Waals surface area (Å²) in [4.78, 5) is 14.8. The fourth-order valence-corrected chi connectivity index (χ4v) is 4.31. The van der Waals surface area contributed by atoms with Crippen molar-refractivity contribution in [1.29, 1.82) is 0 Å². The van der Waals surface area contributed by atoms with Crippen molar-refractivity contribution in [1.82, 2.24) is 10.2 Å². The second kappa shape index (κ2) is 12.1. The van der Waals surface area contributed by atoms with E-state index in [1.54, 1.807) is 0 Å². The first kappa shape index (κ1) is 24.4. The fourth-order valence-electron chi connectivity index (χ4n) is 4.02. The first-order valence-corrected chi connectivity index (χ1v) is 11.8. The zero-order valence-electron chi connectivity index (χ0n) is 19.2. The maximum absolute atomic E-state index is 12.3. The number of anilines is 1. The number of likely N-dealkylation sites (tertiary alicyclic amines) is 1. The van der Waals surface area contributed by atoms with E-state index in [-0.39, 0.29) is 12.5 Å². The van der Waals surface area contributed by atoms with E-state index in [0.717, 1.165) is 29.9 Å². The van der Waals surface area contributed by atoms with Gasteiger partial charge in [-0.2, -0.15) is 0 Å². The predicted octanol–water partition coefficient (Wildman–Crippen LogP) is 4.64. The molecule has 1 aliphatic heterocycles. The Morgan fingerprint density at radius 1 is 1.19 bits per heavy atom. The molecule has 2 N–H and O–H groups in total. The second-order valence-corrected chi connectivity index (χ2v) is 8.50. The molecule has 2 aromatic carbocycles. The van der Waals surface area contributed by atoms with E-state index >= 15 is 0 Å². The molecule has 7 heteroatoms. The molecule has 1 amide bonds. The van der Waals surface area contributed by atoms with Crippen LogP contribution in [0.25, 0.3) is 0 Å². The van der Waals surface area contributed by atoms with Crippen molar-refractivity contribution in [2.75, 3.05) is 38.2 Å². The fraction of sp³-hybridized carbons (Fsp3) is 0.480. The standard InChI is InChI=1S/C25H34ClN3O3/c1-4-29-12-6-7-21(29)16-27-15-19-13-22(26)25(23(14-19)31-5-2)32-17-24(30)28-20-10-8-18(3)9-11-20/h8-11,13-14,21,27H,4-7,12,15-17H2,1-3H3,(H,28,30)/t21-/m1/s1. The molecule has 0 radical (unpaired) electrons. The van der Waals surface area contributed by atoms with Crippen LogP contribution in [0.1, 0.15) is 37.8 Å². The number of hydrogen-bond donors (Lipinski definition) is 2. The summed E-state index contributed by atoms with van der Waals surface area (Å²) < 4.78 is 11.5. The summed E-state index contributed by atoms with van der Waals surface area (Å²) in [5.74, 6) is 0.690. The van der Waals surface area contributed by atoms with Crippen LogP contribution in [0.5, 0.6) is 11.5 Å². The quantitative estimate of drug-likeness (QED) is 0.512. The van der Waals surface area contributed by atoms with Crippen molar-refractivity contribution < 1.29 is 14.3 Å². The van der Waals surface area contributed by atoms with E-state index in [1.165, 1.54) is 19.4 Å². The van der Waals surface area contributed by atoms with Gasteiger partial charge < -0.3 is 20.1 Å². The lowest BCUT2D eigenvalue weighted by Crippen LogP contribution is -2.37. The molecular weight excluding hydrogens is 426 g/mol. The zero-order valence-corrected chi connectivity index (χ0v) is 20.0. The van der Waals surface area contributed by atoms with E-state index in [0.29, 0.717) is 35.7 Å². The van der Waals surface area contributed by atoms with Crippen molar-refractivity contribution in [2.24, 2.45) is 0 Å². The van der Waals surface area contributed by atoms with Gasteiger partial charge in [0, 0.05) is 24.8 Å². The van der Waals surface area contributed by atoms with Gasteiger partial charge in [-0.1, -0.05) is 36.2 Å². The highest BCUT2D eigenvalue weighted by Gasteiger charge is 2.22. The molecule has 3 rings (SSSR count). The smallest absolute Gasteiger partial charge is 0.262 e. The zero-order chi connectivity index (χ0) is 22.9. The predicted molar refractivity (Wildman–Crippen MR) is 130 cm³/mol. The second-order valence-electron chi connectivity index (χ2n) is 8.10. The molecule has 1 heterocycles. The summed E-state index contributed by atoms with van der Waals surface area (Å²) in [6.07, 6.45) is 2.51. The molecule has 174 valence electrons. The summed E-state index contributed by atoms with van der Waals surface area (Å²) in [5, 5.41) is 6.80. The number of ether oxygens (including phenoxy) is 2. The summed E-state index contributed by atoms with van der Waals surface area (Å²) in [7, 11) is 0. The number of halogens is 1. The Labute approximate surface area is 196 Å². The molecule has 1 aliphatic rings. The van der Waals surface area contributed by atoms with Crippen LogP contribution in [0, 0.1) is 6.92 Å². The third-order valence-corrected chi connectivity index (χ3v) is 5.95. The van der Waals surface area contributed by atoms with Gasteiger partial charge in [-0.3, -0.25) is 9.69 Å². The molecule has 2 aromatic rings. The monoisotopic (exact) mass is 459 g/mol. The van der Waals surface area contributed by atoms with E-state index in [4.69, 9.17) is 21.1 Å². The Kier molecular flexibility index (Phi) is 9.21. The number of hydrogen-bond acceptors (Lipinski definition) is 5. The van der Waals surface area contributed by atoms with Gasteiger partial charge in [-0.25, -0.2) is 0 Å². The van der Waals surface area contributed by atoms with Gasteiger partial charge in [0.05, 0.1) is 11.6 Å². The molecule has 1 atom stereocenters. The third-order valence-electron chi connectivity index (χ3n) is 5.67. The molecular formula is C25H34ClN3O3. The van der Waals surface area contributed by atoms with Crippen LogP contribution < -0.4 is 20.1 Å². The minimum Gasteiger partial charge on any atom is -0.490 e. The van der Waals surface area contributed by atoms with Gasteiger partial charge in [0.15, 0.2) is 18.1 Å². The summed E-state index contributed by atoms with van der Waals surface area (Å²) in [6.45, 7) is 10.4. The van der Waals surface area contributed by atoms with Gasteiger partial charge in [-0.05, 0) is 69.6 Å². The minimum absolute atomic E-state index is 0.153. The molecule has 1 saturated heterocycles. The molecule has 6 nitrogen and oxygen atoms in total. The average molecular weight is 460 g/mol. The van der Waals surface area contributed by atoms with E-state index in [1.807, 2.05) is 50.2 Å². The number of likely N-dealkylation sites (N-methyl/N-ethyl adjacent to an activating group) is 1. The number of aryl methyl sites for hydroxylation is 1. The third kappa shape index (κ3) is 6.86. The highest BCUT2D eigenvalue weighted by Crippen LogP contribution is 2.36. The Balaban J connectivity index is 1.58. The number of amides is 1. The lowest BCUT2D eigenvalue weighted by atomic mass is 10.1. The van der Waals surface area contributed by atoms with Crippen molar-refractivity contribution in [3.63, 3.8) is 0 Å². The van der Waals surface area contributed by atoms with Crippen molar-refractivity contribution in [3.8, 4) is 11.5 Å². The number of carbonyl (C=O) groups is 1. The summed E-state index contributed by atoms with van der Waals surface area (Å²) in [5.41, 5.74) is 2.88. The highest BCUT2D eigenvalue weighted by molar-refractivity contribution is 6.32. The molecule has 1 fully saturated rings. The number of rotatable bonds is 11. The van der Waals surface area contributed by atoms with Crippen LogP contribution in [0.4, 0.5) is 5.69 Å². The van der Waals surface area contributed by atoms with Crippen molar-refractivity contribution in [3.05, 3.63) is 52.5 Å². The van der Waals surface area contributed by atoms with E-state index in [2.05, 4.69) is 22.5 Å². The van der Waals surface area contributed by atoms with Crippen molar-refractivity contribution >= 4 is 23.2 Å². The van der Waals surface area contributed by atoms with Crippen LogP contribution in [-0.2, 0) is 11.3 Å². The Hall–Kier alpha value is -2.28. The number of carbonyl (C=O) groups excluding carboxylic acids is 1. The minimum atomic E-state index is -0.254. The normalized spacial score (nSPS) is 16.2.